The predicted molar refractivity (Wildman–Crippen MR) is 62.2 cm³/mol. The fourth-order valence-electron chi connectivity index (χ4n) is 1.55. The lowest BCUT2D eigenvalue weighted by Crippen LogP contribution is -2.14. The molecule has 2 N–H and O–H groups in total. The molecular weight excluding hydrogens is 188 g/mol. The number of nitrogens with one attached hydrogen (secondary N) is 1. The Labute approximate surface area is 92.1 Å². The van der Waals surface area contributed by atoms with E-state index in [1.807, 2.05) is 6.07 Å². The topological polar surface area (TPSA) is 39.3 Å². The molecule has 3 heteroatoms. The summed E-state index contributed by atoms with van der Waals surface area (Å²) in [6.45, 7) is -0.659. The fourth-order valence-corrected chi connectivity index (χ4v) is 1.55. The average Bonchev–Trinajstić information content (AvgIpc) is 2.72. The van der Waals surface area contributed by atoms with Gasteiger partial charge in [0.25, 0.3) is 0 Å². The molecule has 0 spiro atoms. The van der Waals surface area contributed by atoms with Gasteiger partial charge in [0.2, 0.25) is 0 Å². The van der Waals surface area contributed by atoms with Gasteiger partial charge in [0.15, 0.2) is 0 Å². The Hall–Kier alpha value is -1.48. The number of likely N-dealkylation sites (N-methyl/N-ethyl adjacent to an activating group) is 1. The first-order valence-electron chi connectivity index (χ1n) is 5.97. The van der Waals surface area contributed by atoms with Gasteiger partial charge >= 0.3 is 0 Å². The lowest BCUT2D eigenvalue weighted by atomic mass is 10.1. The maximum Gasteiger partial charge on any atom is 0.125 e. The Bertz CT molecular complexity index is 524. The van der Waals surface area contributed by atoms with Crippen LogP contribution in [-0.2, 0) is 6.40 Å². The number of benzene rings is 1. The number of aromatic amines is 1. The molecule has 2 aromatic rings. The van der Waals surface area contributed by atoms with Crippen molar-refractivity contribution in [1.29, 1.82) is 0 Å². The monoisotopic (exact) mass is 206 g/mol. The van der Waals surface area contributed by atoms with Crippen LogP contribution in [0.3, 0.4) is 0 Å². The van der Waals surface area contributed by atoms with Gasteiger partial charge in [-0.2, -0.15) is 0 Å². The SMILES string of the molecule is [2H]C(c1c[nH]c2cccc(O)c12)C([2H])N(C)C. The maximum atomic E-state index is 9.83. The lowest BCUT2D eigenvalue weighted by Gasteiger charge is -2.08. The minimum Gasteiger partial charge on any atom is -0.507 e. The third kappa shape index (κ3) is 1.97. The molecule has 1 aromatic heterocycles. The summed E-state index contributed by atoms with van der Waals surface area (Å²) in [5.74, 6) is 0.155. The molecule has 0 radical (unpaired) electrons. The number of fused-ring (bicyclic) bond motifs is 1. The summed E-state index contributed by atoms with van der Waals surface area (Å²) >= 11 is 0. The van der Waals surface area contributed by atoms with Crippen LogP contribution in [0.4, 0.5) is 0 Å². The van der Waals surface area contributed by atoms with Gasteiger partial charge in [0.1, 0.15) is 5.75 Å². The third-order valence-electron chi connectivity index (χ3n) is 2.27. The molecule has 2 unspecified atom stereocenters. The number of hydrogen-bond donors (Lipinski definition) is 2. The van der Waals surface area contributed by atoms with E-state index in [4.69, 9.17) is 2.74 Å². The van der Waals surface area contributed by atoms with Gasteiger partial charge in [-0.15, -0.1) is 0 Å². The van der Waals surface area contributed by atoms with Gasteiger partial charge in [0, 0.05) is 26.4 Å². The summed E-state index contributed by atoms with van der Waals surface area (Å²) in [5, 5.41) is 10.5. The highest BCUT2D eigenvalue weighted by Crippen LogP contribution is 2.27. The highest BCUT2D eigenvalue weighted by atomic mass is 16.3. The summed E-state index contributed by atoms with van der Waals surface area (Å²) < 4.78 is 16.0. The van der Waals surface area contributed by atoms with Crippen LogP contribution in [0.25, 0.3) is 10.9 Å². The zero-order chi connectivity index (χ0) is 12.6. The number of aromatic hydroxyl groups is 1. The van der Waals surface area contributed by atoms with Crippen molar-refractivity contribution in [2.45, 2.75) is 6.40 Å². The highest BCUT2D eigenvalue weighted by molar-refractivity contribution is 5.88. The Morgan fingerprint density at radius 1 is 1.47 bits per heavy atom. The van der Waals surface area contributed by atoms with Gasteiger partial charge in [-0.25, -0.2) is 0 Å². The van der Waals surface area contributed by atoms with Crippen LogP contribution >= 0.6 is 0 Å². The largest absolute Gasteiger partial charge is 0.507 e. The van der Waals surface area contributed by atoms with Gasteiger partial charge in [-0.1, -0.05) is 6.07 Å². The second-order valence-electron chi connectivity index (χ2n) is 3.72. The number of phenolic OH excluding ortho intramolecular Hbond substituents is 1. The van der Waals surface area contributed by atoms with Crippen molar-refractivity contribution in [2.75, 3.05) is 20.6 Å². The van der Waals surface area contributed by atoms with E-state index in [9.17, 15) is 5.11 Å². The molecule has 1 heterocycles. The second kappa shape index (κ2) is 3.95. The minimum atomic E-state index is -0.716. The number of nitrogens with zero attached hydrogens (tertiary/aromatic N) is 1. The Morgan fingerprint density at radius 2 is 2.27 bits per heavy atom. The zero-order valence-electron chi connectivity index (χ0n) is 10.9. The predicted octanol–water partition coefficient (Wildman–Crippen LogP) is 1.98. The molecule has 2 rings (SSSR count). The normalized spacial score (nSPS) is 17.5. The van der Waals surface area contributed by atoms with Gasteiger partial charge in [-0.3, -0.25) is 0 Å². The van der Waals surface area contributed by atoms with E-state index >= 15 is 0 Å². The first kappa shape index (κ1) is 7.77. The van der Waals surface area contributed by atoms with E-state index in [0.29, 0.717) is 10.9 Å². The Morgan fingerprint density at radius 3 is 3.00 bits per heavy atom. The summed E-state index contributed by atoms with van der Waals surface area (Å²) in [7, 11) is 3.54. The van der Waals surface area contributed by atoms with Crippen LogP contribution in [0.2, 0.25) is 0 Å². The van der Waals surface area contributed by atoms with Gasteiger partial charge < -0.3 is 15.0 Å². The van der Waals surface area contributed by atoms with Gasteiger partial charge in [0.05, 0.1) is 0 Å². The van der Waals surface area contributed by atoms with Gasteiger partial charge in [-0.05, 0) is 38.2 Å². The molecule has 0 bridgehead atoms. The fraction of sp³-hybridized carbons (Fsp3) is 0.333. The van der Waals surface area contributed by atoms with Crippen molar-refractivity contribution in [3.05, 3.63) is 30.0 Å². The van der Waals surface area contributed by atoms with Crippen molar-refractivity contribution >= 4 is 10.9 Å². The molecular formula is C12H16N2O. The molecule has 0 aliphatic carbocycles. The maximum absolute atomic E-state index is 9.83. The highest BCUT2D eigenvalue weighted by Gasteiger charge is 2.07. The minimum absolute atomic E-state index is 0.155. The number of aryl methyl sites for hydroxylation is 1. The third-order valence-corrected chi connectivity index (χ3v) is 2.27. The quantitative estimate of drug-likeness (QED) is 0.806. The molecule has 15 heavy (non-hydrogen) atoms. The molecule has 1 aromatic carbocycles. The zero-order valence-corrected chi connectivity index (χ0v) is 8.86. The Balaban J connectivity index is 2.49. The van der Waals surface area contributed by atoms with Crippen molar-refractivity contribution in [3.8, 4) is 5.75 Å². The summed E-state index contributed by atoms with van der Waals surface area (Å²) in [6, 6.07) is 5.20. The first-order valence-corrected chi connectivity index (χ1v) is 4.82. The summed E-state index contributed by atoms with van der Waals surface area (Å²) in [4.78, 5) is 4.70. The molecule has 3 nitrogen and oxygen atoms in total. The second-order valence-corrected chi connectivity index (χ2v) is 3.72. The van der Waals surface area contributed by atoms with E-state index < -0.39 is 12.9 Å². The van der Waals surface area contributed by atoms with Crippen LogP contribution in [0, 0.1) is 0 Å². The van der Waals surface area contributed by atoms with Crippen LogP contribution < -0.4 is 0 Å². The number of rotatable bonds is 3. The van der Waals surface area contributed by atoms with E-state index in [0.717, 1.165) is 5.52 Å². The van der Waals surface area contributed by atoms with E-state index in [1.165, 1.54) is 0 Å². The molecule has 0 amide bonds. The first-order chi connectivity index (χ1) is 8.02. The van der Waals surface area contributed by atoms with Crippen LogP contribution in [0.15, 0.2) is 24.4 Å². The van der Waals surface area contributed by atoms with Crippen LogP contribution in [-0.4, -0.2) is 35.6 Å². The Kier molecular flexibility index (Phi) is 2.04. The summed E-state index contributed by atoms with van der Waals surface area (Å²) in [5.41, 5.74) is 1.45. The lowest BCUT2D eigenvalue weighted by molar-refractivity contribution is 0.414. The number of hydrogen-bond acceptors (Lipinski definition) is 2. The van der Waals surface area contributed by atoms with Crippen molar-refractivity contribution in [1.82, 2.24) is 9.88 Å². The molecule has 2 atom stereocenters. The van der Waals surface area contributed by atoms with E-state index in [-0.39, 0.29) is 5.75 Å². The van der Waals surface area contributed by atoms with Crippen molar-refractivity contribution < 1.29 is 7.85 Å². The van der Waals surface area contributed by atoms with Crippen molar-refractivity contribution in [2.24, 2.45) is 0 Å². The molecule has 80 valence electrons. The van der Waals surface area contributed by atoms with E-state index in [2.05, 4.69) is 4.98 Å². The number of phenols is 1. The molecule has 0 aliphatic rings. The molecule has 0 aliphatic heterocycles. The van der Waals surface area contributed by atoms with Crippen LogP contribution in [0.1, 0.15) is 8.30 Å². The smallest absolute Gasteiger partial charge is 0.125 e. The van der Waals surface area contributed by atoms with Crippen LogP contribution in [0.5, 0.6) is 5.75 Å². The standard InChI is InChI=1S/C12H16N2O/c1-14(2)7-6-9-8-13-10-4-3-5-11(15)12(9)10/h3-5,8,13,15H,6-7H2,1-2H3/i6D,7D. The summed E-state index contributed by atoms with van der Waals surface area (Å²) in [6.07, 6.45) is 0.986. The average molecular weight is 206 g/mol. The number of aromatic nitrogens is 1. The van der Waals surface area contributed by atoms with Crippen molar-refractivity contribution in [3.63, 3.8) is 0 Å². The molecule has 0 saturated heterocycles. The molecule has 0 fully saturated rings. The van der Waals surface area contributed by atoms with E-state index in [1.54, 1.807) is 37.3 Å². The number of H-pyrrole nitrogens is 1. The molecule has 0 saturated carbocycles.